The van der Waals surface area contributed by atoms with Crippen LogP contribution in [0.3, 0.4) is 0 Å². The Bertz CT molecular complexity index is 762. The Hall–Kier alpha value is -2.17. The lowest BCUT2D eigenvalue weighted by Gasteiger charge is -2.41. The summed E-state index contributed by atoms with van der Waals surface area (Å²) in [5.41, 5.74) is 6.35. The van der Waals surface area contributed by atoms with E-state index < -0.39 is 0 Å². The van der Waals surface area contributed by atoms with E-state index in [1.165, 1.54) is 36.8 Å². The Balaban J connectivity index is 1.76. The normalized spacial score (nSPS) is 17.5. The lowest BCUT2D eigenvalue weighted by Crippen LogP contribution is -2.50. The van der Waals surface area contributed by atoms with Crippen molar-refractivity contribution in [3.63, 3.8) is 0 Å². The number of hydrogen-bond acceptors (Lipinski definition) is 3. The van der Waals surface area contributed by atoms with E-state index in [9.17, 15) is 9.90 Å². The molecule has 156 valence electrons. The topological polar surface area (TPSA) is 52.6 Å². The third kappa shape index (κ3) is 5.68. The fourth-order valence-electron chi connectivity index (χ4n) is 4.38. The van der Waals surface area contributed by atoms with Gasteiger partial charge in [0.15, 0.2) is 0 Å². The average Bonchev–Trinajstić information content (AvgIpc) is 2.77. The molecule has 4 heteroatoms. The summed E-state index contributed by atoms with van der Waals surface area (Å²) in [5.74, 6) is 0.0174. The molecule has 0 saturated heterocycles. The Kier molecular flexibility index (Phi) is 8.26. The van der Waals surface area contributed by atoms with Crippen molar-refractivity contribution in [1.29, 1.82) is 0 Å². The van der Waals surface area contributed by atoms with E-state index in [0.29, 0.717) is 5.56 Å². The maximum absolute atomic E-state index is 12.8. The van der Waals surface area contributed by atoms with Crippen molar-refractivity contribution in [1.82, 2.24) is 10.4 Å². The van der Waals surface area contributed by atoms with Crippen LogP contribution in [0.5, 0.6) is 0 Å². The van der Waals surface area contributed by atoms with Gasteiger partial charge in [-0.2, -0.15) is 0 Å². The molecule has 1 amide bonds. The average molecular weight is 395 g/mol. The number of carbonyl (C=O) groups excluding carboxylic acids is 1. The minimum Gasteiger partial charge on any atom is -0.396 e. The minimum absolute atomic E-state index is 0.00351. The van der Waals surface area contributed by atoms with E-state index in [0.717, 1.165) is 25.8 Å². The highest BCUT2D eigenvalue weighted by Crippen LogP contribution is 2.36. The summed E-state index contributed by atoms with van der Waals surface area (Å²) < 4.78 is 0. The number of nitrogens with one attached hydrogen (secondary N) is 1. The van der Waals surface area contributed by atoms with E-state index in [1.807, 2.05) is 30.3 Å². The molecule has 2 atom stereocenters. The molecule has 1 aliphatic heterocycles. The predicted molar refractivity (Wildman–Crippen MR) is 117 cm³/mol. The summed E-state index contributed by atoms with van der Waals surface area (Å²) in [4.78, 5) is 12.8. The Morgan fingerprint density at radius 2 is 1.79 bits per heavy atom. The van der Waals surface area contributed by atoms with Gasteiger partial charge in [-0.15, -0.1) is 0 Å². The molecular formula is C25H34N2O2. The first-order chi connectivity index (χ1) is 14.2. The second kappa shape index (κ2) is 11.1. The highest BCUT2D eigenvalue weighted by Gasteiger charge is 2.34. The van der Waals surface area contributed by atoms with Crippen molar-refractivity contribution in [2.24, 2.45) is 5.92 Å². The number of hydrogen-bond donors (Lipinski definition) is 2. The fourth-order valence-corrected chi connectivity index (χ4v) is 4.38. The molecule has 2 aromatic rings. The first-order valence-electron chi connectivity index (χ1n) is 11.1. The van der Waals surface area contributed by atoms with Crippen molar-refractivity contribution < 1.29 is 9.90 Å². The highest BCUT2D eigenvalue weighted by atomic mass is 16.3. The van der Waals surface area contributed by atoms with E-state index in [4.69, 9.17) is 0 Å². The summed E-state index contributed by atoms with van der Waals surface area (Å²) in [6.07, 6.45) is 7.95. The zero-order valence-corrected chi connectivity index (χ0v) is 17.5. The summed E-state index contributed by atoms with van der Waals surface area (Å²) in [6, 6.07) is 17.8. The minimum atomic E-state index is -0.0883. The molecule has 29 heavy (non-hydrogen) atoms. The van der Waals surface area contributed by atoms with Gasteiger partial charge in [-0.05, 0) is 36.1 Å². The van der Waals surface area contributed by atoms with Gasteiger partial charge in [-0.1, -0.05) is 81.5 Å². The molecule has 0 aliphatic carbocycles. The van der Waals surface area contributed by atoms with E-state index >= 15 is 0 Å². The van der Waals surface area contributed by atoms with Gasteiger partial charge in [0.1, 0.15) is 0 Å². The van der Waals surface area contributed by atoms with Crippen LogP contribution >= 0.6 is 0 Å². The van der Waals surface area contributed by atoms with Gasteiger partial charge in [0.2, 0.25) is 0 Å². The first kappa shape index (κ1) is 21.5. The number of nitrogens with zero attached hydrogens (tertiary/aromatic N) is 1. The standard InChI is InChI=1S/C25H34N2O2/c1-2-3-4-5-7-15-22(19-28)24-23-16-11-10-12-20(23)17-18-27(24)26-25(29)21-13-8-6-9-14-21/h6,8-14,16,22,24,28H,2-5,7,15,17-19H2,1H3,(H,26,29)/t22-,24+/m1/s1. The van der Waals surface area contributed by atoms with Gasteiger partial charge in [0.05, 0.1) is 6.04 Å². The number of aliphatic hydroxyl groups excluding tert-OH is 1. The zero-order chi connectivity index (χ0) is 20.5. The van der Waals surface area contributed by atoms with Gasteiger partial charge in [0.25, 0.3) is 5.91 Å². The van der Waals surface area contributed by atoms with Crippen molar-refractivity contribution in [3.8, 4) is 0 Å². The summed E-state index contributed by atoms with van der Waals surface area (Å²) >= 11 is 0. The second-order valence-electron chi connectivity index (χ2n) is 8.04. The van der Waals surface area contributed by atoms with Gasteiger partial charge in [-0.25, -0.2) is 5.01 Å². The summed E-state index contributed by atoms with van der Waals surface area (Å²) in [6.45, 7) is 3.11. The molecule has 1 heterocycles. The van der Waals surface area contributed by atoms with Gasteiger partial charge in [0, 0.05) is 24.6 Å². The van der Waals surface area contributed by atoms with Gasteiger partial charge in [-0.3, -0.25) is 10.2 Å². The fraction of sp³-hybridized carbons (Fsp3) is 0.480. The third-order valence-electron chi connectivity index (χ3n) is 5.97. The van der Waals surface area contributed by atoms with Crippen molar-refractivity contribution in [3.05, 3.63) is 71.3 Å². The first-order valence-corrected chi connectivity index (χ1v) is 11.1. The molecule has 0 radical (unpaired) electrons. The molecule has 0 aromatic heterocycles. The maximum atomic E-state index is 12.8. The molecule has 0 spiro atoms. The van der Waals surface area contributed by atoms with Crippen molar-refractivity contribution >= 4 is 5.91 Å². The molecule has 4 nitrogen and oxygen atoms in total. The third-order valence-corrected chi connectivity index (χ3v) is 5.97. The largest absolute Gasteiger partial charge is 0.396 e. The second-order valence-corrected chi connectivity index (χ2v) is 8.04. The Morgan fingerprint density at radius 3 is 2.55 bits per heavy atom. The monoisotopic (exact) mass is 394 g/mol. The number of rotatable bonds is 10. The molecule has 1 aliphatic rings. The van der Waals surface area contributed by atoms with E-state index in [1.54, 1.807) is 0 Å². The van der Waals surface area contributed by atoms with Crippen LogP contribution in [-0.4, -0.2) is 29.2 Å². The van der Waals surface area contributed by atoms with Crippen LogP contribution in [0.4, 0.5) is 0 Å². The van der Waals surface area contributed by atoms with Crippen LogP contribution in [0.1, 0.15) is 73.0 Å². The van der Waals surface area contributed by atoms with Crippen LogP contribution in [0.2, 0.25) is 0 Å². The number of hydrazine groups is 1. The van der Waals surface area contributed by atoms with Crippen LogP contribution in [0, 0.1) is 5.92 Å². The van der Waals surface area contributed by atoms with Crippen LogP contribution in [0.25, 0.3) is 0 Å². The predicted octanol–water partition coefficient (Wildman–Crippen LogP) is 4.90. The number of fused-ring (bicyclic) bond motifs is 1. The highest BCUT2D eigenvalue weighted by molar-refractivity contribution is 5.93. The van der Waals surface area contributed by atoms with Gasteiger partial charge >= 0.3 is 0 Å². The number of unbranched alkanes of at least 4 members (excludes halogenated alkanes) is 4. The van der Waals surface area contributed by atoms with E-state index in [-0.39, 0.29) is 24.5 Å². The zero-order valence-electron chi connectivity index (χ0n) is 17.5. The van der Waals surface area contributed by atoms with Crippen LogP contribution < -0.4 is 5.43 Å². The Labute approximate surface area is 174 Å². The molecule has 0 bridgehead atoms. The quantitative estimate of drug-likeness (QED) is 0.564. The summed E-state index contributed by atoms with van der Waals surface area (Å²) in [5, 5.41) is 12.3. The SMILES string of the molecule is CCCCCCC[C@H](CO)[C@H]1c2ccccc2CCN1NC(=O)c1ccccc1. The molecule has 2 N–H and O–H groups in total. The Morgan fingerprint density at radius 1 is 1.07 bits per heavy atom. The van der Waals surface area contributed by atoms with Gasteiger partial charge < -0.3 is 5.11 Å². The number of amides is 1. The van der Waals surface area contributed by atoms with Crippen molar-refractivity contribution in [2.75, 3.05) is 13.2 Å². The molecule has 0 fully saturated rings. The maximum Gasteiger partial charge on any atom is 0.265 e. The van der Waals surface area contributed by atoms with E-state index in [2.05, 4.69) is 41.6 Å². The van der Waals surface area contributed by atoms with Crippen LogP contribution in [0.15, 0.2) is 54.6 Å². The van der Waals surface area contributed by atoms with Crippen molar-refractivity contribution in [2.45, 2.75) is 57.9 Å². The molecule has 0 saturated carbocycles. The lowest BCUT2D eigenvalue weighted by molar-refractivity contribution is 0.0349. The lowest BCUT2D eigenvalue weighted by atomic mass is 9.83. The molecule has 0 unspecified atom stereocenters. The number of aliphatic hydroxyl groups is 1. The molecule has 3 rings (SSSR count). The smallest absolute Gasteiger partial charge is 0.265 e. The van der Waals surface area contributed by atoms with Crippen LogP contribution in [-0.2, 0) is 6.42 Å². The molecular weight excluding hydrogens is 360 g/mol. The number of benzene rings is 2. The molecule has 2 aromatic carbocycles. The number of carbonyl (C=O) groups is 1. The summed E-state index contributed by atoms with van der Waals surface area (Å²) in [7, 11) is 0.